The van der Waals surface area contributed by atoms with E-state index in [2.05, 4.69) is 0 Å². The maximum atomic E-state index is 13.1. The molecule has 0 saturated carbocycles. The van der Waals surface area contributed by atoms with Crippen LogP contribution < -0.4 is 4.90 Å². The summed E-state index contributed by atoms with van der Waals surface area (Å²) in [6, 6.07) is 11.9. The molecule has 0 atom stereocenters. The quantitative estimate of drug-likeness (QED) is 0.210. The number of carbonyl (C=O) groups is 2. The van der Waals surface area contributed by atoms with Gasteiger partial charge in [0.1, 0.15) is 5.69 Å². The number of nitro benzene ring substituents is 1. The number of aromatic nitrogens is 1. The lowest BCUT2D eigenvalue weighted by atomic mass is 10.1. The van der Waals surface area contributed by atoms with Gasteiger partial charge in [-0.15, -0.1) is 0 Å². The van der Waals surface area contributed by atoms with Gasteiger partial charge >= 0.3 is 6.18 Å². The third kappa shape index (κ3) is 5.07. The van der Waals surface area contributed by atoms with Crippen LogP contribution in [0.2, 0.25) is 0 Å². The standard InChI is InChI=1S/C26H25F3N4O4/c1-16-4-7-20(8-5-16)32-17(2)14-21(18(32)3)24(34)25(35)31-12-10-30(11-13-31)22-9-6-19(26(27,28)29)15-23(22)33(36)37/h4-9,14-15H,10-13H2,1-3H3. The summed E-state index contributed by atoms with van der Waals surface area (Å²) in [5.74, 6) is -1.34. The van der Waals surface area contributed by atoms with E-state index in [0.29, 0.717) is 17.3 Å². The van der Waals surface area contributed by atoms with Crippen molar-refractivity contribution in [3.8, 4) is 5.69 Å². The van der Waals surface area contributed by atoms with E-state index in [4.69, 9.17) is 0 Å². The number of Topliss-reactive ketones (excluding diaryl/α,β-unsaturated/α-hetero) is 1. The first-order valence-electron chi connectivity index (χ1n) is 11.6. The number of halogens is 3. The lowest BCUT2D eigenvalue weighted by Crippen LogP contribution is -2.50. The first kappa shape index (κ1) is 25.9. The molecule has 1 aromatic heterocycles. The average molecular weight is 515 g/mol. The number of piperazine rings is 1. The Bertz CT molecular complexity index is 1370. The van der Waals surface area contributed by atoms with Gasteiger partial charge in [-0.3, -0.25) is 19.7 Å². The number of aryl methyl sites for hydroxylation is 2. The van der Waals surface area contributed by atoms with Gasteiger partial charge in [-0.1, -0.05) is 17.7 Å². The highest BCUT2D eigenvalue weighted by Gasteiger charge is 2.35. The molecule has 0 spiro atoms. The summed E-state index contributed by atoms with van der Waals surface area (Å²) in [7, 11) is 0. The number of alkyl halides is 3. The van der Waals surface area contributed by atoms with Crippen LogP contribution >= 0.6 is 0 Å². The minimum absolute atomic E-state index is 0.0399. The number of hydrogen-bond acceptors (Lipinski definition) is 5. The molecule has 4 rings (SSSR count). The first-order chi connectivity index (χ1) is 17.4. The van der Waals surface area contributed by atoms with Gasteiger partial charge in [0.15, 0.2) is 0 Å². The Hall–Kier alpha value is -4.15. The van der Waals surface area contributed by atoms with Crippen LogP contribution in [0.25, 0.3) is 5.69 Å². The van der Waals surface area contributed by atoms with Gasteiger partial charge in [-0.05, 0) is 51.1 Å². The van der Waals surface area contributed by atoms with Crippen LogP contribution in [0.1, 0.15) is 32.9 Å². The lowest BCUT2D eigenvalue weighted by Gasteiger charge is -2.35. The monoisotopic (exact) mass is 514 g/mol. The molecule has 0 unspecified atom stereocenters. The van der Waals surface area contributed by atoms with Crippen LogP contribution in [0.5, 0.6) is 0 Å². The van der Waals surface area contributed by atoms with E-state index >= 15 is 0 Å². The second-order valence-corrected chi connectivity index (χ2v) is 9.02. The zero-order valence-electron chi connectivity index (χ0n) is 20.5. The van der Waals surface area contributed by atoms with E-state index in [0.717, 1.165) is 29.1 Å². The molecule has 0 bridgehead atoms. The Balaban J connectivity index is 1.49. The highest BCUT2D eigenvalue weighted by atomic mass is 19.4. The highest BCUT2D eigenvalue weighted by Crippen LogP contribution is 2.36. The number of hydrogen-bond donors (Lipinski definition) is 0. The largest absolute Gasteiger partial charge is 0.416 e. The summed E-state index contributed by atoms with van der Waals surface area (Å²) < 4.78 is 40.9. The molecule has 1 fully saturated rings. The van der Waals surface area contributed by atoms with Crippen molar-refractivity contribution in [2.75, 3.05) is 31.1 Å². The number of nitrogens with zero attached hydrogens (tertiary/aromatic N) is 4. The lowest BCUT2D eigenvalue weighted by molar-refractivity contribution is -0.384. The summed E-state index contributed by atoms with van der Waals surface area (Å²) in [5, 5.41) is 11.4. The van der Waals surface area contributed by atoms with Crippen molar-refractivity contribution < 1.29 is 27.7 Å². The van der Waals surface area contributed by atoms with Crippen LogP contribution in [-0.4, -0.2) is 52.3 Å². The van der Waals surface area contributed by atoms with Crippen molar-refractivity contribution in [1.29, 1.82) is 0 Å². The molecule has 8 nitrogen and oxygen atoms in total. The Morgan fingerprint density at radius 1 is 0.919 bits per heavy atom. The van der Waals surface area contributed by atoms with Crippen molar-refractivity contribution >= 4 is 23.1 Å². The topological polar surface area (TPSA) is 88.7 Å². The first-order valence-corrected chi connectivity index (χ1v) is 11.6. The minimum atomic E-state index is -4.70. The van der Waals surface area contributed by atoms with Gasteiger partial charge < -0.3 is 14.4 Å². The molecule has 1 amide bonds. The van der Waals surface area contributed by atoms with Crippen molar-refractivity contribution in [2.45, 2.75) is 26.9 Å². The maximum Gasteiger partial charge on any atom is 0.416 e. The SMILES string of the molecule is Cc1ccc(-n2c(C)cc(C(=O)C(=O)N3CCN(c4ccc(C(F)(F)F)cc4[N+](=O)[O-])CC3)c2C)cc1. The molecule has 2 aromatic carbocycles. The van der Waals surface area contributed by atoms with Gasteiger partial charge in [0.25, 0.3) is 17.4 Å². The predicted octanol–water partition coefficient (Wildman–Crippen LogP) is 4.86. The van der Waals surface area contributed by atoms with Gasteiger partial charge in [0.2, 0.25) is 0 Å². The Morgan fingerprint density at radius 3 is 2.11 bits per heavy atom. The van der Waals surface area contributed by atoms with Crippen LogP contribution in [-0.2, 0) is 11.0 Å². The van der Waals surface area contributed by atoms with Gasteiger partial charge in [-0.2, -0.15) is 13.2 Å². The molecular weight excluding hydrogens is 489 g/mol. The normalized spacial score (nSPS) is 14.1. The summed E-state index contributed by atoms with van der Waals surface area (Å²) >= 11 is 0. The average Bonchev–Trinajstić information content (AvgIpc) is 3.16. The molecule has 0 aliphatic carbocycles. The molecule has 0 radical (unpaired) electrons. The molecule has 2 heterocycles. The number of benzene rings is 2. The van der Waals surface area contributed by atoms with Crippen molar-refractivity contribution in [3.63, 3.8) is 0 Å². The van der Waals surface area contributed by atoms with Crippen LogP contribution in [0, 0.1) is 30.9 Å². The third-order valence-corrected chi connectivity index (χ3v) is 6.57. The number of anilines is 1. The number of nitro groups is 1. The summed E-state index contributed by atoms with van der Waals surface area (Å²) in [6.45, 7) is 6.06. The molecule has 1 saturated heterocycles. The van der Waals surface area contributed by atoms with E-state index < -0.39 is 34.0 Å². The molecule has 0 N–H and O–H groups in total. The molecule has 1 aliphatic heterocycles. The van der Waals surface area contributed by atoms with Crippen molar-refractivity contribution in [3.05, 3.63) is 86.7 Å². The van der Waals surface area contributed by atoms with Crippen molar-refractivity contribution in [1.82, 2.24) is 9.47 Å². The minimum Gasteiger partial charge on any atom is -0.362 e. The van der Waals surface area contributed by atoms with E-state index in [9.17, 15) is 32.9 Å². The van der Waals surface area contributed by atoms with Gasteiger partial charge in [0, 0.05) is 54.9 Å². The molecule has 3 aromatic rings. The molecular formula is C26H25F3N4O4. The second-order valence-electron chi connectivity index (χ2n) is 9.02. The zero-order chi connectivity index (χ0) is 27.1. The van der Waals surface area contributed by atoms with E-state index in [1.165, 1.54) is 4.90 Å². The molecule has 194 valence electrons. The fourth-order valence-corrected chi connectivity index (χ4v) is 4.61. The third-order valence-electron chi connectivity index (χ3n) is 6.57. The molecule has 11 heteroatoms. The predicted molar refractivity (Wildman–Crippen MR) is 131 cm³/mol. The summed E-state index contributed by atoms with van der Waals surface area (Å²) in [5.41, 5.74) is 1.98. The van der Waals surface area contributed by atoms with Crippen LogP contribution in [0.3, 0.4) is 0 Å². The smallest absolute Gasteiger partial charge is 0.362 e. The zero-order valence-corrected chi connectivity index (χ0v) is 20.5. The number of ketones is 1. The van der Waals surface area contributed by atoms with Crippen LogP contribution in [0.4, 0.5) is 24.5 Å². The van der Waals surface area contributed by atoms with Crippen molar-refractivity contribution in [2.24, 2.45) is 0 Å². The molecule has 37 heavy (non-hydrogen) atoms. The van der Waals surface area contributed by atoms with Gasteiger partial charge in [0.05, 0.1) is 10.5 Å². The fourth-order valence-electron chi connectivity index (χ4n) is 4.61. The van der Waals surface area contributed by atoms with E-state index in [-0.39, 0.29) is 31.9 Å². The molecule has 1 aliphatic rings. The maximum absolute atomic E-state index is 13.1. The second kappa shape index (κ2) is 9.72. The van der Waals surface area contributed by atoms with E-state index in [1.54, 1.807) is 17.9 Å². The summed E-state index contributed by atoms with van der Waals surface area (Å²) in [4.78, 5) is 39.7. The number of rotatable bonds is 5. The Labute approximate surface area is 211 Å². The number of amides is 1. The van der Waals surface area contributed by atoms with Gasteiger partial charge in [-0.25, -0.2) is 0 Å². The van der Waals surface area contributed by atoms with E-state index in [1.807, 2.05) is 42.7 Å². The van der Waals surface area contributed by atoms with Crippen LogP contribution in [0.15, 0.2) is 48.5 Å². The fraction of sp³-hybridized carbons (Fsp3) is 0.308. The summed E-state index contributed by atoms with van der Waals surface area (Å²) in [6.07, 6.45) is -4.70. The Kier molecular flexibility index (Phi) is 6.81. The number of carbonyl (C=O) groups excluding carboxylic acids is 2. The Morgan fingerprint density at radius 2 is 1.54 bits per heavy atom. The highest BCUT2D eigenvalue weighted by molar-refractivity contribution is 6.43.